The summed E-state index contributed by atoms with van der Waals surface area (Å²) < 4.78 is 5.68. The molecule has 0 bridgehead atoms. The maximum Gasteiger partial charge on any atom is 0.244 e. The maximum atomic E-state index is 12.6. The van der Waals surface area contributed by atoms with Gasteiger partial charge in [0, 0.05) is 12.3 Å². The Morgan fingerprint density at radius 3 is 2.69 bits per heavy atom. The summed E-state index contributed by atoms with van der Waals surface area (Å²) in [5, 5.41) is 2.98. The van der Waals surface area contributed by atoms with E-state index in [4.69, 9.17) is 10.5 Å². The molecule has 1 amide bonds. The number of hydrogen-bond acceptors (Lipinski definition) is 4. The molecule has 1 aliphatic carbocycles. The van der Waals surface area contributed by atoms with Crippen LogP contribution in [0.4, 0.5) is 5.69 Å². The summed E-state index contributed by atoms with van der Waals surface area (Å²) in [4.78, 5) is 20.5. The fraction of sp³-hybridized carbons (Fsp3) is 0.556. The highest BCUT2D eigenvalue weighted by Gasteiger charge is 2.35. The van der Waals surface area contributed by atoms with E-state index < -0.39 is 5.54 Å². The number of amides is 1. The number of imidazole rings is 1. The Labute approximate surface area is 165 Å². The van der Waals surface area contributed by atoms with Crippen molar-refractivity contribution >= 4 is 47.4 Å². The summed E-state index contributed by atoms with van der Waals surface area (Å²) in [6.07, 6.45) is 6.86. The minimum atomic E-state index is -0.732. The second kappa shape index (κ2) is 8.57. The molecule has 144 valence electrons. The summed E-state index contributed by atoms with van der Waals surface area (Å²) in [5.74, 6) is 0.786. The lowest BCUT2D eigenvalue weighted by Gasteiger charge is -2.31. The summed E-state index contributed by atoms with van der Waals surface area (Å²) >= 11 is 0. The van der Waals surface area contributed by atoms with E-state index in [0.29, 0.717) is 0 Å². The molecule has 1 saturated heterocycles. The van der Waals surface area contributed by atoms with Crippen LogP contribution in [0.25, 0.3) is 11.0 Å². The third-order valence-electron chi connectivity index (χ3n) is 5.19. The van der Waals surface area contributed by atoms with E-state index in [0.717, 1.165) is 67.7 Å². The predicted octanol–water partition coefficient (Wildman–Crippen LogP) is 3.86. The van der Waals surface area contributed by atoms with Gasteiger partial charge in [0.1, 0.15) is 11.9 Å². The van der Waals surface area contributed by atoms with Gasteiger partial charge in [0.15, 0.2) is 0 Å². The van der Waals surface area contributed by atoms with Crippen molar-refractivity contribution < 1.29 is 9.53 Å². The number of nitrogens with one attached hydrogen (secondary N) is 2. The van der Waals surface area contributed by atoms with Crippen LogP contribution in [-0.2, 0) is 9.53 Å². The van der Waals surface area contributed by atoms with Crippen molar-refractivity contribution in [2.24, 2.45) is 5.73 Å². The number of aromatic amines is 1. The van der Waals surface area contributed by atoms with Crippen LogP contribution in [0, 0.1) is 0 Å². The molecule has 26 heavy (non-hydrogen) atoms. The largest absolute Gasteiger partial charge is 0.370 e. The van der Waals surface area contributed by atoms with Crippen molar-refractivity contribution in [3.05, 3.63) is 24.0 Å². The van der Waals surface area contributed by atoms with Gasteiger partial charge in [-0.05, 0) is 43.9 Å². The smallest absolute Gasteiger partial charge is 0.244 e. The quantitative estimate of drug-likeness (QED) is 0.728. The third-order valence-corrected chi connectivity index (χ3v) is 5.19. The number of fused-ring (bicyclic) bond motifs is 1. The lowest BCUT2D eigenvalue weighted by Crippen LogP contribution is -2.52. The molecule has 1 aromatic heterocycles. The van der Waals surface area contributed by atoms with E-state index in [1.165, 1.54) is 6.42 Å². The van der Waals surface area contributed by atoms with E-state index in [1.54, 1.807) is 0 Å². The number of rotatable bonds is 3. The zero-order valence-corrected chi connectivity index (χ0v) is 16.3. The van der Waals surface area contributed by atoms with Crippen molar-refractivity contribution in [2.75, 3.05) is 11.9 Å². The van der Waals surface area contributed by atoms with Crippen LogP contribution < -0.4 is 11.1 Å². The van der Waals surface area contributed by atoms with Crippen LogP contribution in [0.3, 0.4) is 0 Å². The van der Waals surface area contributed by atoms with E-state index >= 15 is 0 Å². The monoisotopic (exact) mass is 400 g/mol. The summed E-state index contributed by atoms with van der Waals surface area (Å²) in [5.41, 5.74) is 8.12. The molecular weight excluding hydrogens is 375 g/mol. The van der Waals surface area contributed by atoms with E-state index in [9.17, 15) is 4.79 Å². The fourth-order valence-corrected chi connectivity index (χ4v) is 3.72. The topological polar surface area (TPSA) is 93.0 Å². The molecule has 1 unspecified atom stereocenters. The molecule has 2 aliphatic rings. The highest BCUT2D eigenvalue weighted by molar-refractivity contribution is 5.99. The normalized spacial score (nSPS) is 21.7. The minimum Gasteiger partial charge on any atom is -0.370 e. The Kier molecular flexibility index (Phi) is 6.91. The molecule has 2 heterocycles. The first-order valence-corrected chi connectivity index (χ1v) is 8.86. The number of benzene rings is 1. The average molecular weight is 401 g/mol. The number of anilines is 1. The Morgan fingerprint density at radius 2 is 2.00 bits per heavy atom. The molecule has 1 aromatic carbocycles. The first-order valence-electron chi connectivity index (χ1n) is 8.86. The predicted molar refractivity (Wildman–Crippen MR) is 107 cm³/mol. The molecule has 2 aromatic rings. The molecular formula is C18H26Cl2N4O2. The standard InChI is InChI=1S/C18H24N4O2.2ClH/c19-18(8-2-1-3-9-18)17(23)20-12-6-7-13-14(11-12)22-16(21-13)15-5-4-10-24-15;;/h6-7,11,15H,1-5,8-10,19H2,(H,20,23)(H,21,22);2*1H. The highest BCUT2D eigenvalue weighted by Crippen LogP contribution is 2.30. The van der Waals surface area contributed by atoms with Gasteiger partial charge in [0.05, 0.1) is 16.6 Å². The zero-order chi connectivity index (χ0) is 16.6. The Morgan fingerprint density at radius 1 is 1.23 bits per heavy atom. The first kappa shape index (κ1) is 21.0. The van der Waals surface area contributed by atoms with Gasteiger partial charge in [0.25, 0.3) is 0 Å². The second-order valence-electron chi connectivity index (χ2n) is 7.03. The molecule has 1 saturated carbocycles. The van der Waals surface area contributed by atoms with Gasteiger partial charge in [-0.1, -0.05) is 19.3 Å². The number of carbonyl (C=O) groups is 1. The summed E-state index contributed by atoms with van der Waals surface area (Å²) in [6.45, 7) is 0.793. The molecule has 2 fully saturated rings. The van der Waals surface area contributed by atoms with E-state index in [-0.39, 0.29) is 36.8 Å². The van der Waals surface area contributed by atoms with Crippen LogP contribution in [0.15, 0.2) is 18.2 Å². The number of hydrogen-bond donors (Lipinski definition) is 3. The first-order chi connectivity index (χ1) is 11.6. The summed E-state index contributed by atoms with van der Waals surface area (Å²) in [7, 11) is 0. The zero-order valence-electron chi connectivity index (χ0n) is 14.6. The van der Waals surface area contributed by atoms with E-state index in [1.807, 2.05) is 18.2 Å². The minimum absolute atomic E-state index is 0. The number of nitrogens with zero attached hydrogens (tertiary/aromatic N) is 1. The average Bonchev–Trinajstić information content (AvgIpc) is 3.24. The number of H-pyrrole nitrogens is 1. The Hall–Kier alpha value is -1.34. The lowest BCUT2D eigenvalue weighted by molar-refractivity contribution is -0.122. The van der Waals surface area contributed by atoms with Crippen molar-refractivity contribution in [2.45, 2.75) is 56.6 Å². The molecule has 1 atom stereocenters. The molecule has 4 N–H and O–H groups in total. The van der Waals surface area contributed by atoms with Gasteiger partial charge in [-0.25, -0.2) is 4.98 Å². The van der Waals surface area contributed by atoms with E-state index in [2.05, 4.69) is 15.3 Å². The third kappa shape index (κ3) is 4.14. The van der Waals surface area contributed by atoms with Gasteiger partial charge in [-0.3, -0.25) is 4.79 Å². The van der Waals surface area contributed by atoms with Crippen molar-refractivity contribution in [1.29, 1.82) is 0 Å². The van der Waals surface area contributed by atoms with Crippen LogP contribution in [0.2, 0.25) is 0 Å². The molecule has 4 rings (SSSR count). The molecule has 8 heteroatoms. The number of ether oxygens (including phenoxy) is 1. The van der Waals surface area contributed by atoms with Crippen molar-refractivity contribution in [1.82, 2.24) is 9.97 Å². The maximum absolute atomic E-state index is 12.6. The second-order valence-corrected chi connectivity index (χ2v) is 7.03. The van der Waals surface area contributed by atoms with Gasteiger partial charge in [-0.15, -0.1) is 24.8 Å². The highest BCUT2D eigenvalue weighted by atomic mass is 35.5. The molecule has 6 nitrogen and oxygen atoms in total. The molecule has 0 radical (unpaired) electrons. The fourth-order valence-electron chi connectivity index (χ4n) is 3.72. The SMILES string of the molecule is Cl.Cl.NC1(C(=O)Nc2ccc3nc(C4CCCO4)[nH]c3c2)CCCCC1. The van der Waals surface area contributed by atoms with Gasteiger partial charge < -0.3 is 20.8 Å². The number of carbonyl (C=O) groups excluding carboxylic acids is 1. The Bertz CT molecular complexity index is 753. The summed E-state index contributed by atoms with van der Waals surface area (Å²) in [6, 6.07) is 5.72. The number of halogens is 2. The van der Waals surface area contributed by atoms with Crippen molar-refractivity contribution in [3.8, 4) is 0 Å². The number of aromatic nitrogens is 2. The molecule has 1 aliphatic heterocycles. The van der Waals surface area contributed by atoms with Crippen LogP contribution in [0.5, 0.6) is 0 Å². The Balaban J connectivity index is 0.00000121. The van der Waals surface area contributed by atoms with Crippen LogP contribution in [0.1, 0.15) is 56.9 Å². The van der Waals surface area contributed by atoms with Crippen molar-refractivity contribution in [3.63, 3.8) is 0 Å². The van der Waals surface area contributed by atoms with Gasteiger partial charge in [0.2, 0.25) is 5.91 Å². The van der Waals surface area contributed by atoms with Gasteiger partial charge in [-0.2, -0.15) is 0 Å². The molecule has 0 spiro atoms. The lowest BCUT2D eigenvalue weighted by atomic mass is 9.82. The van der Waals surface area contributed by atoms with Crippen LogP contribution in [-0.4, -0.2) is 28.0 Å². The number of nitrogens with two attached hydrogens (primary N) is 1. The van der Waals surface area contributed by atoms with Crippen LogP contribution >= 0.6 is 24.8 Å². The van der Waals surface area contributed by atoms with Gasteiger partial charge >= 0.3 is 0 Å².